The largest absolute Gasteiger partial charge is 0.389 e. The normalized spacial score (nSPS) is 35.3. The van der Waals surface area contributed by atoms with Gasteiger partial charge in [0.1, 0.15) is 0 Å². The molecular formula is C14H23N3O. The Hall–Kier alpha value is -0.870. The molecule has 1 aromatic rings. The standard InChI is InChI=1S/C14H23N3O/c1-10(2)17-6-5-13(16-17)9-14(18)7-11-3-4-12(8-14)15-11/h5-6,10-12,15,18H,3-4,7-9H2,1-2H3. The predicted molar refractivity (Wildman–Crippen MR) is 70.4 cm³/mol. The first-order chi connectivity index (χ1) is 8.54. The topological polar surface area (TPSA) is 50.1 Å². The minimum atomic E-state index is -0.548. The second kappa shape index (κ2) is 4.35. The SMILES string of the molecule is CC(C)n1ccc(CC2(O)CC3CCC(C2)N3)n1. The molecule has 0 radical (unpaired) electrons. The maximum atomic E-state index is 10.8. The second-order valence-corrected chi connectivity index (χ2v) is 6.33. The van der Waals surface area contributed by atoms with Crippen molar-refractivity contribution in [2.45, 2.75) is 69.7 Å². The number of piperidine rings is 1. The quantitative estimate of drug-likeness (QED) is 0.856. The zero-order valence-corrected chi connectivity index (χ0v) is 11.3. The summed E-state index contributed by atoms with van der Waals surface area (Å²) in [6.45, 7) is 4.24. The van der Waals surface area contributed by atoms with Gasteiger partial charge in [-0.2, -0.15) is 5.10 Å². The van der Waals surface area contributed by atoms with Crippen LogP contribution in [0.25, 0.3) is 0 Å². The van der Waals surface area contributed by atoms with Gasteiger partial charge in [0.25, 0.3) is 0 Å². The number of rotatable bonds is 3. The summed E-state index contributed by atoms with van der Waals surface area (Å²) in [7, 11) is 0. The van der Waals surface area contributed by atoms with Crippen molar-refractivity contribution in [3.63, 3.8) is 0 Å². The number of hydrogen-bond donors (Lipinski definition) is 2. The molecule has 1 aromatic heterocycles. The van der Waals surface area contributed by atoms with Gasteiger partial charge in [0.05, 0.1) is 11.3 Å². The number of nitrogens with one attached hydrogen (secondary N) is 1. The zero-order valence-electron chi connectivity index (χ0n) is 11.3. The molecule has 100 valence electrons. The van der Waals surface area contributed by atoms with E-state index in [2.05, 4.69) is 24.3 Å². The van der Waals surface area contributed by atoms with E-state index in [0.717, 1.165) is 18.5 Å². The minimum Gasteiger partial charge on any atom is -0.389 e. The Kier molecular flexibility index (Phi) is 2.94. The van der Waals surface area contributed by atoms with E-state index < -0.39 is 5.60 Å². The Bertz CT molecular complexity index is 414. The van der Waals surface area contributed by atoms with Crippen molar-refractivity contribution in [3.8, 4) is 0 Å². The Morgan fingerprint density at radius 3 is 2.67 bits per heavy atom. The van der Waals surface area contributed by atoms with Crippen molar-refractivity contribution in [1.82, 2.24) is 15.1 Å². The molecule has 2 fully saturated rings. The molecule has 0 saturated carbocycles. The third-order valence-corrected chi connectivity index (χ3v) is 4.29. The monoisotopic (exact) mass is 249 g/mol. The smallest absolute Gasteiger partial charge is 0.0733 e. The van der Waals surface area contributed by atoms with Crippen LogP contribution in [-0.2, 0) is 6.42 Å². The van der Waals surface area contributed by atoms with Crippen molar-refractivity contribution in [2.24, 2.45) is 0 Å². The van der Waals surface area contributed by atoms with Crippen LogP contribution in [0.5, 0.6) is 0 Å². The van der Waals surface area contributed by atoms with Crippen LogP contribution in [0.1, 0.15) is 51.3 Å². The third-order valence-electron chi connectivity index (χ3n) is 4.29. The van der Waals surface area contributed by atoms with Crippen molar-refractivity contribution in [2.75, 3.05) is 0 Å². The molecule has 0 spiro atoms. The van der Waals surface area contributed by atoms with Gasteiger partial charge < -0.3 is 10.4 Å². The van der Waals surface area contributed by atoms with Crippen LogP contribution in [0.3, 0.4) is 0 Å². The predicted octanol–water partition coefficient (Wildman–Crippen LogP) is 1.65. The lowest BCUT2D eigenvalue weighted by Crippen LogP contribution is -2.49. The van der Waals surface area contributed by atoms with Crippen LogP contribution in [0, 0.1) is 0 Å². The molecule has 2 aliphatic rings. The summed E-state index contributed by atoms with van der Waals surface area (Å²) < 4.78 is 1.97. The molecule has 4 heteroatoms. The lowest BCUT2D eigenvalue weighted by Gasteiger charge is -2.36. The lowest BCUT2D eigenvalue weighted by atomic mass is 9.84. The van der Waals surface area contributed by atoms with Gasteiger partial charge in [-0.3, -0.25) is 4.68 Å². The lowest BCUT2D eigenvalue weighted by molar-refractivity contribution is -0.00698. The summed E-state index contributed by atoms with van der Waals surface area (Å²) >= 11 is 0. The number of aromatic nitrogens is 2. The van der Waals surface area contributed by atoms with Crippen LogP contribution in [-0.4, -0.2) is 32.6 Å². The summed E-state index contributed by atoms with van der Waals surface area (Å²) in [6.07, 6.45) is 6.89. The number of hydrogen-bond acceptors (Lipinski definition) is 3. The van der Waals surface area contributed by atoms with Crippen molar-refractivity contribution in [1.29, 1.82) is 0 Å². The molecule has 2 unspecified atom stereocenters. The van der Waals surface area contributed by atoms with E-state index in [1.165, 1.54) is 12.8 Å². The van der Waals surface area contributed by atoms with Gasteiger partial charge in [-0.15, -0.1) is 0 Å². The molecular weight excluding hydrogens is 226 g/mol. The van der Waals surface area contributed by atoms with Gasteiger partial charge >= 0.3 is 0 Å². The Balaban J connectivity index is 1.71. The van der Waals surface area contributed by atoms with Gasteiger partial charge in [0.2, 0.25) is 0 Å². The molecule has 2 bridgehead atoms. The Labute approximate surface area is 108 Å². The number of aliphatic hydroxyl groups is 1. The molecule has 2 N–H and O–H groups in total. The van der Waals surface area contributed by atoms with E-state index in [0.29, 0.717) is 24.5 Å². The van der Waals surface area contributed by atoms with Crippen LogP contribution >= 0.6 is 0 Å². The summed E-state index contributed by atoms with van der Waals surface area (Å²) in [4.78, 5) is 0. The van der Waals surface area contributed by atoms with Crippen LogP contribution < -0.4 is 5.32 Å². The fraction of sp³-hybridized carbons (Fsp3) is 0.786. The first-order valence-electron chi connectivity index (χ1n) is 7.06. The van der Waals surface area contributed by atoms with Crippen molar-refractivity contribution >= 4 is 0 Å². The highest BCUT2D eigenvalue weighted by Crippen LogP contribution is 2.35. The van der Waals surface area contributed by atoms with Gasteiger partial charge in [-0.1, -0.05) is 0 Å². The van der Waals surface area contributed by atoms with Gasteiger partial charge in [0.15, 0.2) is 0 Å². The zero-order chi connectivity index (χ0) is 12.8. The molecule has 2 saturated heterocycles. The van der Waals surface area contributed by atoms with Crippen LogP contribution in [0.4, 0.5) is 0 Å². The first-order valence-corrected chi connectivity index (χ1v) is 7.06. The van der Waals surface area contributed by atoms with Crippen LogP contribution in [0.15, 0.2) is 12.3 Å². The second-order valence-electron chi connectivity index (χ2n) is 6.33. The van der Waals surface area contributed by atoms with E-state index in [9.17, 15) is 5.11 Å². The van der Waals surface area contributed by atoms with E-state index in [1.807, 2.05) is 16.9 Å². The molecule has 0 amide bonds. The fourth-order valence-electron chi connectivity index (χ4n) is 3.47. The molecule has 3 heterocycles. The third kappa shape index (κ3) is 2.31. The summed E-state index contributed by atoms with van der Waals surface area (Å²) in [5, 5.41) is 18.9. The summed E-state index contributed by atoms with van der Waals surface area (Å²) in [6, 6.07) is 3.46. The average molecular weight is 249 g/mol. The molecule has 3 rings (SSSR count). The minimum absolute atomic E-state index is 0.387. The summed E-state index contributed by atoms with van der Waals surface area (Å²) in [5.41, 5.74) is 0.472. The Morgan fingerprint density at radius 1 is 1.44 bits per heavy atom. The first kappa shape index (κ1) is 12.2. The number of nitrogens with zero attached hydrogens (tertiary/aromatic N) is 2. The highest BCUT2D eigenvalue weighted by Gasteiger charge is 2.42. The highest BCUT2D eigenvalue weighted by atomic mass is 16.3. The maximum Gasteiger partial charge on any atom is 0.0733 e. The Morgan fingerprint density at radius 2 is 2.11 bits per heavy atom. The average Bonchev–Trinajstić information content (AvgIpc) is 2.85. The molecule has 0 aliphatic carbocycles. The van der Waals surface area contributed by atoms with E-state index in [-0.39, 0.29) is 0 Å². The van der Waals surface area contributed by atoms with E-state index >= 15 is 0 Å². The van der Waals surface area contributed by atoms with Crippen molar-refractivity contribution in [3.05, 3.63) is 18.0 Å². The summed E-state index contributed by atoms with van der Waals surface area (Å²) in [5.74, 6) is 0. The maximum absolute atomic E-state index is 10.8. The molecule has 2 aliphatic heterocycles. The van der Waals surface area contributed by atoms with Crippen LogP contribution in [0.2, 0.25) is 0 Å². The highest BCUT2D eigenvalue weighted by molar-refractivity contribution is 5.09. The molecule has 4 nitrogen and oxygen atoms in total. The van der Waals surface area contributed by atoms with E-state index in [4.69, 9.17) is 0 Å². The molecule has 0 aromatic carbocycles. The molecule has 2 atom stereocenters. The molecule has 18 heavy (non-hydrogen) atoms. The van der Waals surface area contributed by atoms with Gasteiger partial charge in [-0.25, -0.2) is 0 Å². The van der Waals surface area contributed by atoms with Crippen molar-refractivity contribution < 1.29 is 5.11 Å². The number of fused-ring (bicyclic) bond motifs is 2. The fourth-order valence-corrected chi connectivity index (χ4v) is 3.47. The van der Waals surface area contributed by atoms with Gasteiger partial charge in [-0.05, 0) is 45.6 Å². The van der Waals surface area contributed by atoms with Gasteiger partial charge in [0, 0.05) is 30.7 Å². The van der Waals surface area contributed by atoms with E-state index in [1.54, 1.807) is 0 Å².